The summed E-state index contributed by atoms with van der Waals surface area (Å²) < 4.78 is 2.67. The van der Waals surface area contributed by atoms with Gasteiger partial charge in [0.25, 0.3) is 0 Å². The van der Waals surface area contributed by atoms with Crippen molar-refractivity contribution in [3.63, 3.8) is 0 Å². The molecule has 0 spiro atoms. The van der Waals surface area contributed by atoms with E-state index in [4.69, 9.17) is 0 Å². The maximum absolute atomic E-state index is 2.42. The number of hydrogen-bond donors (Lipinski definition) is 0. The maximum Gasteiger partial charge on any atom is 0.0361 e. The molecule has 0 aliphatic heterocycles. The molecule has 0 N–H and O–H groups in total. The summed E-state index contributed by atoms with van der Waals surface area (Å²) in [5, 5.41) is 12.9. The van der Waals surface area contributed by atoms with Gasteiger partial charge in [0, 0.05) is 20.2 Å². The first kappa shape index (κ1) is 26.5. The van der Waals surface area contributed by atoms with Crippen LogP contribution in [0.5, 0.6) is 0 Å². The number of fused-ring (bicyclic) bond motifs is 7. The van der Waals surface area contributed by atoms with Crippen LogP contribution in [0.3, 0.4) is 0 Å². The van der Waals surface area contributed by atoms with Crippen molar-refractivity contribution < 1.29 is 0 Å². The lowest BCUT2D eigenvalue weighted by Crippen LogP contribution is -1.91. The van der Waals surface area contributed by atoms with Gasteiger partial charge in [0.05, 0.1) is 0 Å². The Kier molecular flexibility index (Phi) is 5.85. The monoisotopic (exact) mass is 612 g/mol. The van der Waals surface area contributed by atoms with Gasteiger partial charge in [0.1, 0.15) is 0 Å². The van der Waals surface area contributed by atoms with Crippen LogP contribution >= 0.6 is 11.3 Å². The minimum absolute atomic E-state index is 1.24. The second kappa shape index (κ2) is 10.4. The van der Waals surface area contributed by atoms with E-state index < -0.39 is 0 Å². The molecule has 1 heteroatoms. The molecule has 0 fully saturated rings. The van der Waals surface area contributed by atoms with E-state index >= 15 is 0 Å². The van der Waals surface area contributed by atoms with Crippen molar-refractivity contribution in [2.24, 2.45) is 0 Å². The Morgan fingerprint density at radius 2 is 0.787 bits per heavy atom. The molecule has 1 heterocycles. The number of hydrogen-bond acceptors (Lipinski definition) is 1. The lowest BCUT2D eigenvalue weighted by Gasteiger charge is -2.18. The molecule has 10 aromatic rings. The van der Waals surface area contributed by atoms with E-state index in [1.807, 2.05) is 11.3 Å². The van der Waals surface area contributed by atoms with E-state index in [9.17, 15) is 0 Å². The minimum Gasteiger partial charge on any atom is -0.135 e. The van der Waals surface area contributed by atoms with Crippen LogP contribution in [0.1, 0.15) is 0 Å². The van der Waals surface area contributed by atoms with Crippen LogP contribution in [0.2, 0.25) is 0 Å². The zero-order valence-electron chi connectivity index (χ0n) is 25.6. The summed E-state index contributed by atoms with van der Waals surface area (Å²) in [5.41, 5.74) is 7.59. The summed E-state index contributed by atoms with van der Waals surface area (Å²) in [6.45, 7) is 0. The third kappa shape index (κ3) is 4.14. The molecular formula is C46H28S. The zero-order chi connectivity index (χ0) is 30.9. The fourth-order valence-electron chi connectivity index (χ4n) is 7.69. The summed E-state index contributed by atoms with van der Waals surface area (Å²) in [7, 11) is 0. The van der Waals surface area contributed by atoms with Gasteiger partial charge in [-0.2, -0.15) is 0 Å². The molecule has 0 radical (unpaired) electrons. The van der Waals surface area contributed by atoms with Gasteiger partial charge in [-0.1, -0.05) is 146 Å². The Hall–Kier alpha value is -5.76. The van der Waals surface area contributed by atoms with Crippen molar-refractivity contribution in [1.82, 2.24) is 0 Å². The van der Waals surface area contributed by atoms with Crippen LogP contribution in [0.4, 0.5) is 0 Å². The number of rotatable bonds is 3. The lowest BCUT2D eigenvalue weighted by atomic mass is 9.85. The Balaban J connectivity index is 1.21. The molecule has 0 saturated heterocycles. The van der Waals surface area contributed by atoms with Crippen molar-refractivity contribution in [1.29, 1.82) is 0 Å². The Bertz CT molecular complexity index is 2790. The van der Waals surface area contributed by atoms with E-state index in [2.05, 4.69) is 170 Å². The minimum atomic E-state index is 1.24. The van der Waals surface area contributed by atoms with Gasteiger partial charge in [0.2, 0.25) is 0 Å². The second-order valence-electron chi connectivity index (χ2n) is 12.5. The van der Waals surface area contributed by atoms with Gasteiger partial charge in [-0.05, 0) is 101 Å². The van der Waals surface area contributed by atoms with Crippen LogP contribution < -0.4 is 0 Å². The molecule has 10 rings (SSSR count). The molecule has 218 valence electrons. The first-order valence-electron chi connectivity index (χ1n) is 16.2. The molecule has 0 aliphatic carbocycles. The van der Waals surface area contributed by atoms with E-state index in [1.54, 1.807) is 0 Å². The van der Waals surface area contributed by atoms with Gasteiger partial charge in [-0.15, -0.1) is 11.3 Å². The molecule has 0 amide bonds. The highest BCUT2D eigenvalue weighted by Gasteiger charge is 2.18. The van der Waals surface area contributed by atoms with Crippen molar-refractivity contribution in [2.45, 2.75) is 0 Å². The third-order valence-corrected chi connectivity index (χ3v) is 10.9. The topological polar surface area (TPSA) is 0 Å². The third-order valence-electron chi connectivity index (χ3n) is 9.81. The highest BCUT2D eigenvalue weighted by atomic mass is 32.1. The summed E-state index contributed by atoms with van der Waals surface area (Å²) in [6, 6.07) is 62.8. The molecule has 0 bridgehead atoms. The number of benzene rings is 9. The van der Waals surface area contributed by atoms with E-state index in [1.165, 1.54) is 96.6 Å². The molecule has 0 unspecified atom stereocenters. The SMILES string of the molecule is c1cc(-c2cccc3ccccc23)cc(-c2c3ccccc3c(-c3ccc4c(c3)sc3cc5ccccc5cc34)c3ccccc23)c1. The van der Waals surface area contributed by atoms with Crippen LogP contribution in [-0.4, -0.2) is 0 Å². The molecule has 9 aromatic carbocycles. The quantitative estimate of drug-likeness (QED) is 0.174. The summed E-state index contributed by atoms with van der Waals surface area (Å²) in [4.78, 5) is 0. The average molecular weight is 613 g/mol. The largest absolute Gasteiger partial charge is 0.135 e. The molecule has 0 atom stereocenters. The first-order chi connectivity index (χ1) is 23.3. The molecule has 0 aliphatic rings. The van der Waals surface area contributed by atoms with Crippen LogP contribution in [0.15, 0.2) is 170 Å². The van der Waals surface area contributed by atoms with Gasteiger partial charge in [-0.25, -0.2) is 0 Å². The van der Waals surface area contributed by atoms with Gasteiger partial charge in [-0.3, -0.25) is 0 Å². The number of thiophene rings is 1. The average Bonchev–Trinajstić information content (AvgIpc) is 3.49. The fourth-order valence-corrected chi connectivity index (χ4v) is 8.86. The van der Waals surface area contributed by atoms with Crippen molar-refractivity contribution in [2.75, 3.05) is 0 Å². The second-order valence-corrected chi connectivity index (χ2v) is 13.5. The van der Waals surface area contributed by atoms with E-state index in [0.717, 1.165) is 0 Å². The highest BCUT2D eigenvalue weighted by molar-refractivity contribution is 7.25. The Morgan fingerprint density at radius 1 is 0.277 bits per heavy atom. The molecule has 0 nitrogen and oxygen atoms in total. The molecule has 1 aromatic heterocycles. The normalized spacial score (nSPS) is 11.8. The summed E-state index contributed by atoms with van der Waals surface area (Å²) in [5.74, 6) is 0. The van der Waals surface area contributed by atoms with Crippen molar-refractivity contribution in [3.05, 3.63) is 170 Å². The standard InChI is InChI=1S/C46H28S/c1-2-13-31-27-44-42(26-30(31)12-1)37-24-23-34(28-43(37)47-44)46-40-20-7-5-18-38(40)45(39-19-6-8-21-41(39)46)33-16-9-15-32(25-33)36-22-10-14-29-11-3-4-17-35(29)36/h1-28H. The smallest absolute Gasteiger partial charge is 0.0361 e. The first-order valence-corrected chi connectivity index (χ1v) is 17.0. The highest BCUT2D eigenvalue weighted by Crippen LogP contribution is 2.46. The van der Waals surface area contributed by atoms with Gasteiger partial charge in [0.15, 0.2) is 0 Å². The maximum atomic E-state index is 2.42. The summed E-state index contributed by atoms with van der Waals surface area (Å²) in [6.07, 6.45) is 0. The van der Waals surface area contributed by atoms with Crippen molar-refractivity contribution in [3.8, 4) is 33.4 Å². The predicted molar refractivity (Wildman–Crippen MR) is 206 cm³/mol. The summed E-state index contributed by atoms with van der Waals surface area (Å²) >= 11 is 1.90. The Morgan fingerprint density at radius 3 is 1.49 bits per heavy atom. The van der Waals surface area contributed by atoms with Gasteiger partial charge >= 0.3 is 0 Å². The lowest BCUT2D eigenvalue weighted by molar-refractivity contribution is 1.63. The van der Waals surface area contributed by atoms with Crippen LogP contribution in [0, 0.1) is 0 Å². The Labute approximate surface area is 276 Å². The molecular weight excluding hydrogens is 585 g/mol. The fraction of sp³-hybridized carbons (Fsp3) is 0. The van der Waals surface area contributed by atoms with Crippen molar-refractivity contribution >= 4 is 74.6 Å². The zero-order valence-corrected chi connectivity index (χ0v) is 26.4. The molecule has 47 heavy (non-hydrogen) atoms. The predicted octanol–water partition coefficient (Wildman–Crippen LogP) is 13.7. The van der Waals surface area contributed by atoms with Crippen LogP contribution in [0.25, 0.3) is 96.6 Å². The molecule has 0 saturated carbocycles. The van der Waals surface area contributed by atoms with Crippen LogP contribution in [-0.2, 0) is 0 Å². The van der Waals surface area contributed by atoms with E-state index in [-0.39, 0.29) is 0 Å². The van der Waals surface area contributed by atoms with E-state index in [0.29, 0.717) is 0 Å². The van der Waals surface area contributed by atoms with Gasteiger partial charge < -0.3 is 0 Å².